The molecule has 54 heavy (non-hydrogen) atoms. The van der Waals surface area contributed by atoms with Gasteiger partial charge in [-0.05, 0) is 27.8 Å². The molecule has 0 amide bonds. The van der Waals surface area contributed by atoms with Crippen molar-refractivity contribution < 1.29 is 36.3 Å². The van der Waals surface area contributed by atoms with Crippen LogP contribution in [-0.2, 0) is 34.3 Å². The molecule has 0 aliphatic carbocycles. The zero-order valence-electron chi connectivity index (χ0n) is 28.8. The van der Waals surface area contributed by atoms with E-state index < -0.39 is 12.6 Å². The fraction of sp³-hybridized carbons (Fsp3) is 0.154. The van der Waals surface area contributed by atoms with Gasteiger partial charge in [0.1, 0.15) is 16.7 Å². The number of hydrogen-bond donors (Lipinski definition) is 1. The molecule has 15 heteroatoms. The number of nitrogens with zero attached hydrogens (tertiary/aromatic N) is 8. The normalized spacial score (nSPS) is 12.1. The second kappa shape index (κ2) is 13.0. The van der Waals surface area contributed by atoms with Crippen LogP contribution in [0.4, 0.5) is 0 Å². The topological polar surface area (TPSA) is 143 Å². The fourth-order valence-corrected chi connectivity index (χ4v) is 7.63. The van der Waals surface area contributed by atoms with Crippen molar-refractivity contribution in [3.63, 3.8) is 0 Å². The number of benzene rings is 4. The van der Waals surface area contributed by atoms with E-state index in [0.29, 0.717) is 45.5 Å². The summed E-state index contributed by atoms with van der Waals surface area (Å²) in [7, 11) is 1.86. The third-order valence-corrected chi connectivity index (χ3v) is 10.6. The Morgan fingerprint density at radius 2 is 1.22 bits per heavy atom. The minimum absolute atomic E-state index is 0. The number of rotatable bonds is 3. The number of carbonyl (C=O) groups is 1. The Morgan fingerprint density at radius 1 is 0.704 bits per heavy atom. The predicted molar refractivity (Wildman–Crippen MR) is 204 cm³/mol. The monoisotopic (exact) mass is 822 g/mol. The van der Waals surface area contributed by atoms with E-state index >= 15 is 0 Å². The predicted octanol–water partition coefficient (Wildman–Crippen LogP) is 8.28. The Bertz CT molecular complexity index is 2940. The molecule has 0 atom stereocenters. The van der Waals surface area contributed by atoms with Crippen LogP contribution in [-0.4, -0.2) is 42.6 Å². The van der Waals surface area contributed by atoms with Gasteiger partial charge >= 0.3 is 23.0 Å². The number of carboxylic acids is 1. The average molecular weight is 825 g/mol. The maximum atomic E-state index is 11.5. The van der Waals surface area contributed by atoms with Crippen LogP contribution in [0.5, 0.6) is 5.75 Å². The van der Waals surface area contributed by atoms with E-state index in [9.17, 15) is 9.90 Å². The molecule has 7 aromatic rings. The SMILES string of the molecule is C[n+]1c2nc3[n-]c(nc4nc(nc5[n-]c(nc1-c1ccccc1-2)c1c(Cl)c(OCC(=O)O)c(Cl)c(Cl)c51)-c1ccccc1-4)c1ccc(C(C)(C)C)cc31.[Cu+2]. The molecule has 0 fully saturated rings. The van der Waals surface area contributed by atoms with Crippen LogP contribution in [0, 0.1) is 0 Å². The molecule has 0 saturated heterocycles. The maximum Gasteiger partial charge on any atom is 2.00 e. The summed E-state index contributed by atoms with van der Waals surface area (Å²) in [6.45, 7) is 5.79. The summed E-state index contributed by atoms with van der Waals surface area (Å²) in [4.78, 5) is 46.5. The maximum absolute atomic E-state index is 11.5. The van der Waals surface area contributed by atoms with Gasteiger partial charge in [0.15, 0.2) is 12.4 Å². The Kier molecular flexibility index (Phi) is 8.67. The van der Waals surface area contributed by atoms with E-state index in [1.165, 1.54) is 0 Å². The van der Waals surface area contributed by atoms with Crippen molar-refractivity contribution in [2.75, 3.05) is 6.61 Å². The molecule has 9 rings (SSSR count). The molecule has 3 aromatic heterocycles. The van der Waals surface area contributed by atoms with Gasteiger partial charge in [-0.1, -0.05) is 116 Å². The van der Waals surface area contributed by atoms with Crippen LogP contribution >= 0.6 is 34.8 Å². The van der Waals surface area contributed by atoms with Crippen molar-refractivity contribution in [3.8, 4) is 51.3 Å². The molecule has 271 valence electrons. The smallest absolute Gasteiger partial charge is 0.479 e. The van der Waals surface area contributed by atoms with Gasteiger partial charge in [-0.15, -0.1) is 0 Å². The summed E-state index contributed by atoms with van der Waals surface area (Å²) in [6.07, 6.45) is 0. The van der Waals surface area contributed by atoms with Gasteiger partial charge in [0.25, 0.3) is 0 Å². The Hall–Kier alpha value is -5.10. The molecule has 4 aromatic carbocycles. The van der Waals surface area contributed by atoms with Gasteiger partial charge in [0, 0.05) is 55.6 Å². The Balaban J connectivity index is 0.00000413. The van der Waals surface area contributed by atoms with E-state index in [4.69, 9.17) is 74.4 Å². The molecule has 1 radical (unpaired) electrons. The van der Waals surface area contributed by atoms with Crippen molar-refractivity contribution >= 4 is 84.9 Å². The summed E-state index contributed by atoms with van der Waals surface area (Å²) >= 11 is 20.6. The first-order valence-electron chi connectivity index (χ1n) is 16.5. The first-order valence-corrected chi connectivity index (χ1v) is 17.6. The first kappa shape index (κ1) is 35.9. The number of halogens is 3. The van der Waals surface area contributed by atoms with E-state index in [0.717, 1.165) is 33.0 Å². The quantitative estimate of drug-likeness (QED) is 0.105. The van der Waals surface area contributed by atoms with Gasteiger partial charge in [0.2, 0.25) is 0 Å². The molecule has 0 spiro atoms. The third kappa shape index (κ3) is 5.59. The van der Waals surface area contributed by atoms with Crippen molar-refractivity contribution in [3.05, 3.63) is 87.4 Å². The van der Waals surface area contributed by atoms with E-state index in [1.807, 2.05) is 66.2 Å². The molecular formula is C39H26Cl3CuN8O3+. The zero-order chi connectivity index (χ0) is 36.9. The molecule has 1 N–H and O–H groups in total. The molecule has 2 aliphatic heterocycles. The molecule has 5 heterocycles. The standard InChI is InChI=1S/C39H27Cl3N8O3.Cu/c1-39(2,3)17-13-14-20-23(15-17)34-45-33(20)44-31-18-9-5-6-10-19(18)32(43-31)46-35-25-26(28(41)30(29(42)27(25)40)53-16-24(51)52)36(47-35)49-38-22-12-8-7-11-21(22)37(48-34)50(38)4;/h5-15H,16H2,1-4H3,(H2,43,44,45,46,47,48,49,51,52);/q;+2/p-1. The summed E-state index contributed by atoms with van der Waals surface area (Å²) < 4.78 is 7.41. The average Bonchev–Trinajstić information content (AvgIpc) is 3.84. The number of carboxylic acid groups (broad SMARTS) is 1. The summed E-state index contributed by atoms with van der Waals surface area (Å²) in [5.41, 5.74) is 5.36. The van der Waals surface area contributed by atoms with Crippen molar-refractivity contribution in [2.45, 2.75) is 26.2 Å². The summed E-state index contributed by atoms with van der Waals surface area (Å²) in [6, 6.07) is 21.6. The Morgan fingerprint density at radius 3 is 1.83 bits per heavy atom. The van der Waals surface area contributed by atoms with Gasteiger partial charge in [0.05, 0.1) is 28.7 Å². The molecule has 2 aliphatic rings. The first-order chi connectivity index (χ1) is 25.4. The number of aliphatic carboxylic acids is 1. The molecule has 8 bridgehead atoms. The van der Waals surface area contributed by atoms with E-state index in [1.54, 1.807) is 0 Å². The summed E-state index contributed by atoms with van der Waals surface area (Å²) in [5.74, 6) is 0.534. The van der Waals surface area contributed by atoms with Gasteiger partial charge in [-0.2, -0.15) is 0 Å². The largest absolute Gasteiger partial charge is 2.00 e. The van der Waals surface area contributed by atoms with Crippen LogP contribution in [0.1, 0.15) is 26.3 Å². The third-order valence-electron chi connectivity index (χ3n) is 9.37. The van der Waals surface area contributed by atoms with Gasteiger partial charge in [-0.25, -0.2) is 9.78 Å². The molecule has 0 unspecified atom stereocenters. The van der Waals surface area contributed by atoms with Crippen LogP contribution < -0.4 is 19.3 Å². The zero-order valence-corrected chi connectivity index (χ0v) is 32.0. The van der Waals surface area contributed by atoms with Crippen molar-refractivity contribution in [1.29, 1.82) is 0 Å². The number of ether oxygens (including phenoxy) is 1. The molecule has 11 nitrogen and oxygen atoms in total. The van der Waals surface area contributed by atoms with Crippen LogP contribution in [0.2, 0.25) is 15.1 Å². The van der Waals surface area contributed by atoms with E-state index in [2.05, 4.69) is 32.9 Å². The molecular weight excluding hydrogens is 798 g/mol. The van der Waals surface area contributed by atoms with Gasteiger partial charge < -0.3 is 39.7 Å². The Labute approximate surface area is 332 Å². The van der Waals surface area contributed by atoms with Crippen LogP contribution in [0.15, 0.2) is 66.7 Å². The van der Waals surface area contributed by atoms with Crippen LogP contribution in [0.3, 0.4) is 0 Å². The summed E-state index contributed by atoms with van der Waals surface area (Å²) in [5, 5.41) is 11.5. The van der Waals surface area contributed by atoms with Crippen molar-refractivity contribution in [1.82, 2.24) is 34.9 Å². The number of fused-ring (bicyclic) bond motifs is 20. The second-order valence-corrected chi connectivity index (χ2v) is 14.9. The molecule has 0 saturated carbocycles. The van der Waals surface area contributed by atoms with E-state index in [-0.39, 0.29) is 60.0 Å². The second-order valence-electron chi connectivity index (χ2n) is 13.7. The van der Waals surface area contributed by atoms with Crippen molar-refractivity contribution in [2.24, 2.45) is 7.05 Å². The number of hydrogen-bond acceptors (Lipinski definition) is 7. The van der Waals surface area contributed by atoms with Crippen LogP contribution in [0.25, 0.3) is 89.7 Å². The van der Waals surface area contributed by atoms with Gasteiger partial charge in [-0.3, -0.25) is 4.57 Å². The minimum Gasteiger partial charge on any atom is -0.479 e. The number of aromatic nitrogens is 8. The minimum atomic E-state index is -1.22. The fourth-order valence-electron chi connectivity index (χ4n) is 6.75.